The van der Waals surface area contributed by atoms with Crippen molar-refractivity contribution in [2.24, 2.45) is 0 Å². The summed E-state index contributed by atoms with van der Waals surface area (Å²) in [6.07, 6.45) is 0. The molecular weight excluding hydrogens is 271 g/mol. The Morgan fingerprint density at radius 2 is 1.81 bits per heavy atom. The Morgan fingerprint density at radius 3 is 2.57 bits per heavy atom. The van der Waals surface area contributed by atoms with Crippen molar-refractivity contribution in [2.75, 3.05) is 0 Å². The molecule has 5 heteroatoms. The van der Waals surface area contributed by atoms with Crippen LogP contribution in [0.25, 0.3) is 22.8 Å². The number of aromatic hydroxyl groups is 1. The number of rotatable bonds is 2. The third-order valence-corrected chi connectivity index (χ3v) is 3.32. The molecule has 0 saturated carbocycles. The Bertz CT molecular complexity index is 812. The molecule has 0 amide bonds. The molecule has 4 nitrogen and oxygen atoms in total. The summed E-state index contributed by atoms with van der Waals surface area (Å²) in [5, 5.41) is 13.6. The highest BCUT2D eigenvalue weighted by Gasteiger charge is 2.14. The van der Waals surface area contributed by atoms with E-state index in [1.165, 1.54) is 12.1 Å². The normalized spacial score (nSPS) is 10.8. The smallest absolute Gasteiger partial charge is 0.258 e. The minimum absolute atomic E-state index is 0.161. The fourth-order valence-corrected chi connectivity index (χ4v) is 2.03. The number of halogens is 1. The summed E-state index contributed by atoms with van der Waals surface area (Å²) in [7, 11) is 0. The summed E-state index contributed by atoms with van der Waals surface area (Å²) >= 11 is 0. The van der Waals surface area contributed by atoms with E-state index < -0.39 is 0 Å². The highest BCUT2D eigenvalue weighted by Crippen LogP contribution is 2.28. The predicted octanol–water partition coefficient (Wildman–Crippen LogP) is 3.87. The van der Waals surface area contributed by atoms with Crippen LogP contribution in [-0.4, -0.2) is 15.2 Å². The number of phenols is 1. The largest absolute Gasteiger partial charge is 0.508 e. The summed E-state index contributed by atoms with van der Waals surface area (Å²) < 4.78 is 18.5. The first-order chi connectivity index (χ1) is 10.0. The lowest BCUT2D eigenvalue weighted by Crippen LogP contribution is -1.87. The first-order valence-electron chi connectivity index (χ1n) is 6.45. The van der Waals surface area contributed by atoms with Crippen LogP contribution >= 0.6 is 0 Å². The molecule has 0 aliphatic heterocycles. The fourth-order valence-electron chi connectivity index (χ4n) is 2.03. The van der Waals surface area contributed by atoms with Crippen molar-refractivity contribution in [3.8, 4) is 28.6 Å². The van der Waals surface area contributed by atoms with Gasteiger partial charge >= 0.3 is 0 Å². The standard InChI is InChI=1S/C16H13FN2O2/c1-9-4-6-12(17)8-13(9)15-18-16(21-19-15)11-5-3-10(2)14(20)7-11/h3-8,20H,1-2H3. The topological polar surface area (TPSA) is 59.2 Å². The minimum Gasteiger partial charge on any atom is -0.508 e. The number of aromatic nitrogens is 2. The average Bonchev–Trinajstić information content (AvgIpc) is 2.94. The molecule has 0 aliphatic rings. The van der Waals surface area contributed by atoms with E-state index >= 15 is 0 Å². The Balaban J connectivity index is 2.03. The second-order valence-electron chi connectivity index (χ2n) is 4.88. The first-order valence-corrected chi connectivity index (χ1v) is 6.45. The van der Waals surface area contributed by atoms with Crippen molar-refractivity contribution < 1.29 is 14.0 Å². The van der Waals surface area contributed by atoms with E-state index in [9.17, 15) is 9.50 Å². The zero-order chi connectivity index (χ0) is 15.0. The van der Waals surface area contributed by atoms with Crippen LogP contribution < -0.4 is 0 Å². The number of phenolic OH excluding ortho intramolecular Hbond substituents is 1. The van der Waals surface area contributed by atoms with Crippen molar-refractivity contribution in [1.82, 2.24) is 10.1 Å². The van der Waals surface area contributed by atoms with E-state index in [4.69, 9.17) is 4.52 Å². The zero-order valence-electron chi connectivity index (χ0n) is 11.6. The van der Waals surface area contributed by atoms with Crippen LogP contribution in [0, 0.1) is 19.7 Å². The van der Waals surface area contributed by atoms with Crippen LogP contribution in [0.3, 0.4) is 0 Å². The fraction of sp³-hybridized carbons (Fsp3) is 0.125. The number of aryl methyl sites for hydroxylation is 2. The van der Waals surface area contributed by atoms with Gasteiger partial charge in [-0.25, -0.2) is 4.39 Å². The molecule has 0 spiro atoms. The second kappa shape index (κ2) is 5.01. The molecule has 0 radical (unpaired) electrons. The van der Waals surface area contributed by atoms with Gasteiger partial charge in [0.1, 0.15) is 11.6 Å². The SMILES string of the molecule is Cc1ccc(-c2nc(-c3cc(F)ccc3C)no2)cc1O. The van der Waals surface area contributed by atoms with Crippen LogP contribution in [-0.2, 0) is 0 Å². The van der Waals surface area contributed by atoms with Crippen molar-refractivity contribution >= 4 is 0 Å². The lowest BCUT2D eigenvalue weighted by Gasteiger charge is -2.00. The highest BCUT2D eigenvalue weighted by molar-refractivity contribution is 5.63. The van der Waals surface area contributed by atoms with Gasteiger partial charge in [0.05, 0.1) is 0 Å². The van der Waals surface area contributed by atoms with Gasteiger partial charge in [0.15, 0.2) is 0 Å². The molecule has 1 aromatic heterocycles. The maximum atomic E-state index is 13.3. The van der Waals surface area contributed by atoms with Crippen molar-refractivity contribution in [1.29, 1.82) is 0 Å². The van der Waals surface area contributed by atoms with E-state index in [1.54, 1.807) is 31.2 Å². The van der Waals surface area contributed by atoms with Crippen molar-refractivity contribution in [2.45, 2.75) is 13.8 Å². The highest BCUT2D eigenvalue weighted by atomic mass is 19.1. The van der Waals surface area contributed by atoms with E-state index in [1.807, 2.05) is 6.92 Å². The van der Waals surface area contributed by atoms with Crippen LogP contribution in [0.15, 0.2) is 40.9 Å². The van der Waals surface area contributed by atoms with Crippen molar-refractivity contribution in [3.05, 3.63) is 53.3 Å². The van der Waals surface area contributed by atoms with Gasteiger partial charge < -0.3 is 9.63 Å². The molecular formula is C16H13FN2O2. The van der Waals surface area contributed by atoms with Gasteiger partial charge in [-0.1, -0.05) is 17.3 Å². The Kier molecular flexibility index (Phi) is 3.17. The summed E-state index contributed by atoms with van der Waals surface area (Å²) in [4.78, 5) is 4.27. The molecule has 1 heterocycles. The quantitative estimate of drug-likeness (QED) is 0.776. The molecule has 0 saturated heterocycles. The molecule has 0 atom stereocenters. The van der Waals surface area contributed by atoms with Gasteiger partial charge in [-0.3, -0.25) is 0 Å². The maximum absolute atomic E-state index is 13.3. The average molecular weight is 284 g/mol. The number of hydrogen-bond donors (Lipinski definition) is 1. The molecule has 0 fully saturated rings. The molecule has 3 rings (SSSR count). The number of nitrogens with zero attached hydrogens (tertiary/aromatic N) is 2. The third-order valence-electron chi connectivity index (χ3n) is 3.32. The van der Waals surface area contributed by atoms with E-state index in [0.717, 1.165) is 11.1 Å². The molecule has 21 heavy (non-hydrogen) atoms. The van der Waals surface area contributed by atoms with Gasteiger partial charge in [0, 0.05) is 11.1 Å². The molecule has 106 valence electrons. The van der Waals surface area contributed by atoms with E-state index in [-0.39, 0.29) is 17.5 Å². The molecule has 3 aromatic rings. The summed E-state index contributed by atoms with van der Waals surface area (Å²) in [6.45, 7) is 3.65. The van der Waals surface area contributed by atoms with E-state index in [2.05, 4.69) is 10.1 Å². The summed E-state index contributed by atoms with van der Waals surface area (Å²) in [5.41, 5.74) is 2.82. The minimum atomic E-state index is -0.352. The van der Waals surface area contributed by atoms with Gasteiger partial charge in [-0.2, -0.15) is 4.98 Å². The number of hydrogen-bond acceptors (Lipinski definition) is 4. The Labute approximate surface area is 120 Å². The molecule has 1 N–H and O–H groups in total. The first kappa shape index (κ1) is 13.3. The maximum Gasteiger partial charge on any atom is 0.258 e. The lowest BCUT2D eigenvalue weighted by molar-refractivity contribution is 0.431. The van der Waals surface area contributed by atoms with E-state index in [0.29, 0.717) is 17.0 Å². The summed E-state index contributed by atoms with van der Waals surface area (Å²) in [5.74, 6) is 0.412. The van der Waals surface area contributed by atoms with Crippen LogP contribution in [0.5, 0.6) is 5.75 Å². The van der Waals surface area contributed by atoms with Crippen molar-refractivity contribution in [3.63, 3.8) is 0 Å². The summed E-state index contributed by atoms with van der Waals surface area (Å²) in [6, 6.07) is 9.53. The predicted molar refractivity (Wildman–Crippen MR) is 76.3 cm³/mol. The van der Waals surface area contributed by atoms with Gasteiger partial charge in [-0.05, 0) is 49.2 Å². The third kappa shape index (κ3) is 2.50. The molecule has 0 unspecified atom stereocenters. The van der Waals surface area contributed by atoms with Crippen LogP contribution in [0.4, 0.5) is 4.39 Å². The Morgan fingerprint density at radius 1 is 1.05 bits per heavy atom. The molecule has 2 aromatic carbocycles. The molecule has 0 aliphatic carbocycles. The lowest BCUT2D eigenvalue weighted by atomic mass is 10.1. The Hall–Kier alpha value is -2.69. The molecule has 0 bridgehead atoms. The monoisotopic (exact) mass is 284 g/mol. The zero-order valence-corrected chi connectivity index (χ0v) is 11.6. The van der Waals surface area contributed by atoms with Gasteiger partial charge in [-0.15, -0.1) is 0 Å². The van der Waals surface area contributed by atoms with Crippen LogP contribution in [0.2, 0.25) is 0 Å². The second-order valence-corrected chi connectivity index (χ2v) is 4.88. The van der Waals surface area contributed by atoms with Gasteiger partial charge in [0.25, 0.3) is 5.89 Å². The number of benzene rings is 2. The van der Waals surface area contributed by atoms with Gasteiger partial charge in [0.2, 0.25) is 5.82 Å². The van der Waals surface area contributed by atoms with Crippen LogP contribution in [0.1, 0.15) is 11.1 Å².